The van der Waals surface area contributed by atoms with Gasteiger partial charge in [0.25, 0.3) is 0 Å². The van der Waals surface area contributed by atoms with Gasteiger partial charge in [0.05, 0.1) is 17.2 Å². The van der Waals surface area contributed by atoms with Crippen molar-refractivity contribution >= 4 is 5.91 Å². The topological polar surface area (TPSA) is 62.1 Å². The monoisotopic (exact) mass is 246 g/mol. The van der Waals surface area contributed by atoms with Crippen LogP contribution >= 0.6 is 0 Å². The van der Waals surface area contributed by atoms with E-state index in [2.05, 4.69) is 5.32 Å². The maximum atomic E-state index is 11.5. The van der Waals surface area contributed by atoms with Crippen molar-refractivity contribution in [1.82, 2.24) is 5.32 Å². The van der Waals surface area contributed by atoms with Gasteiger partial charge in [-0.2, -0.15) is 5.26 Å². The number of amides is 1. The molecule has 96 valence electrons. The lowest BCUT2D eigenvalue weighted by atomic mass is 10.1. The second-order valence-corrected chi connectivity index (χ2v) is 4.99. The van der Waals surface area contributed by atoms with Crippen molar-refractivity contribution in [1.29, 1.82) is 5.26 Å². The van der Waals surface area contributed by atoms with Crippen molar-refractivity contribution in [2.75, 3.05) is 6.61 Å². The molecule has 0 saturated heterocycles. The van der Waals surface area contributed by atoms with Crippen molar-refractivity contribution in [2.24, 2.45) is 0 Å². The van der Waals surface area contributed by atoms with Gasteiger partial charge in [-0.3, -0.25) is 4.79 Å². The molecule has 0 saturated carbocycles. The number of hydrogen-bond donors (Lipinski definition) is 1. The molecule has 18 heavy (non-hydrogen) atoms. The number of nitrogens with one attached hydrogen (secondary N) is 1. The minimum absolute atomic E-state index is 0.0553. The summed E-state index contributed by atoms with van der Waals surface area (Å²) >= 11 is 0. The van der Waals surface area contributed by atoms with E-state index < -0.39 is 0 Å². The van der Waals surface area contributed by atoms with Gasteiger partial charge >= 0.3 is 0 Å². The van der Waals surface area contributed by atoms with Gasteiger partial charge in [0, 0.05) is 6.54 Å². The van der Waals surface area contributed by atoms with Crippen molar-refractivity contribution in [3.63, 3.8) is 0 Å². The van der Waals surface area contributed by atoms with Gasteiger partial charge in [-0.05, 0) is 38.5 Å². The molecular weight excluding hydrogens is 228 g/mol. The maximum absolute atomic E-state index is 11.5. The molecular formula is C14H18N2O2. The van der Waals surface area contributed by atoms with Crippen LogP contribution in [0.2, 0.25) is 0 Å². The third-order valence-corrected chi connectivity index (χ3v) is 2.21. The molecule has 4 nitrogen and oxygen atoms in total. The molecule has 1 N–H and O–H groups in total. The van der Waals surface area contributed by atoms with Crippen LogP contribution in [0.4, 0.5) is 0 Å². The van der Waals surface area contributed by atoms with Crippen LogP contribution in [0.25, 0.3) is 0 Å². The largest absolute Gasteiger partial charge is 0.366 e. The summed E-state index contributed by atoms with van der Waals surface area (Å²) in [5.41, 5.74) is 1.26. The first-order valence-corrected chi connectivity index (χ1v) is 5.80. The molecule has 1 aromatic carbocycles. The van der Waals surface area contributed by atoms with E-state index in [9.17, 15) is 4.79 Å². The van der Waals surface area contributed by atoms with Gasteiger partial charge in [-0.15, -0.1) is 0 Å². The summed E-state index contributed by atoms with van der Waals surface area (Å²) in [6.45, 7) is 6.21. The number of rotatable bonds is 4. The molecule has 0 aliphatic carbocycles. The Labute approximate surface area is 108 Å². The molecule has 0 fully saturated rings. The minimum atomic E-state index is -0.314. The Morgan fingerprint density at radius 3 is 2.44 bits per heavy atom. The molecule has 4 heteroatoms. The lowest BCUT2D eigenvalue weighted by Gasteiger charge is -2.18. The standard InChI is InChI=1S/C14H18N2O2/c1-14(2,3)18-10-13(17)16-9-12-6-4-11(8-15)5-7-12/h4-7H,9-10H2,1-3H3,(H,16,17). The fraction of sp³-hybridized carbons (Fsp3) is 0.429. The second kappa shape index (κ2) is 6.18. The average Bonchev–Trinajstić information content (AvgIpc) is 2.33. The van der Waals surface area contributed by atoms with E-state index in [1.54, 1.807) is 12.1 Å². The number of nitrogens with zero attached hydrogens (tertiary/aromatic N) is 1. The zero-order valence-corrected chi connectivity index (χ0v) is 11.0. The molecule has 0 aromatic heterocycles. The minimum Gasteiger partial charge on any atom is -0.366 e. The summed E-state index contributed by atoms with van der Waals surface area (Å²) in [7, 11) is 0. The van der Waals surface area contributed by atoms with Crippen LogP contribution in [0.1, 0.15) is 31.9 Å². The molecule has 0 heterocycles. The zero-order valence-electron chi connectivity index (χ0n) is 11.0. The van der Waals surface area contributed by atoms with Crippen molar-refractivity contribution in [3.8, 4) is 6.07 Å². The fourth-order valence-electron chi connectivity index (χ4n) is 1.23. The molecule has 1 amide bonds. The molecule has 1 rings (SSSR count). The van der Waals surface area contributed by atoms with Crippen molar-refractivity contribution in [2.45, 2.75) is 32.9 Å². The summed E-state index contributed by atoms with van der Waals surface area (Å²) < 4.78 is 5.36. The van der Waals surface area contributed by atoms with E-state index in [1.165, 1.54) is 0 Å². The third-order valence-electron chi connectivity index (χ3n) is 2.21. The predicted octanol–water partition coefficient (Wildman–Crippen LogP) is 1.99. The summed E-state index contributed by atoms with van der Waals surface area (Å²) in [6.07, 6.45) is 0. The highest BCUT2D eigenvalue weighted by atomic mass is 16.5. The van der Waals surface area contributed by atoms with Crippen LogP contribution in [0.3, 0.4) is 0 Å². The van der Waals surface area contributed by atoms with E-state index >= 15 is 0 Å². The third kappa shape index (κ3) is 5.46. The summed E-state index contributed by atoms with van der Waals surface area (Å²) in [5, 5.41) is 11.4. The molecule has 0 radical (unpaired) electrons. The smallest absolute Gasteiger partial charge is 0.246 e. The first-order valence-electron chi connectivity index (χ1n) is 5.80. The number of ether oxygens (including phenoxy) is 1. The van der Waals surface area contributed by atoms with Gasteiger partial charge in [0.1, 0.15) is 6.61 Å². The molecule has 0 atom stereocenters. The Morgan fingerprint density at radius 1 is 1.33 bits per heavy atom. The van der Waals surface area contributed by atoms with E-state index in [1.807, 2.05) is 39.0 Å². The Hall–Kier alpha value is -1.86. The van der Waals surface area contributed by atoms with Gasteiger partial charge in [-0.1, -0.05) is 12.1 Å². The molecule has 0 bridgehead atoms. The number of nitriles is 1. The first-order chi connectivity index (χ1) is 8.40. The SMILES string of the molecule is CC(C)(C)OCC(=O)NCc1ccc(C#N)cc1. The van der Waals surface area contributed by atoms with Gasteiger partial charge in [0.2, 0.25) is 5.91 Å². The fourth-order valence-corrected chi connectivity index (χ4v) is 1.23. The number of hydrogen-bond acceptors (Lipinski definition) is 3. The van der Waals surface area contributed by atoms with Crippen molar-refractivity contribution < 1.29 is 9.53 Å². The first kappa shape index (κ1) is 14.2. The average molecular weight is 246 g/mol. The number of carbonyl (C=O) groups is 1. The Kier molecular flexibility index (Phi) is 4.87. The van der Waals surface area contributed by atoms with Crippen LogP contribution in [0, 0.1) is 11.3 Å². The molecule has 0 spiro atoms. The zero-order chi connectivity index (χ0) is 13.6. The van der Waals surface area contributed by atoms with Crippen LogP contribution in [-0.4, -0.2) is 18.1 Å². The summed E-state index contributed by atoms with van der Waals surface area (Å²) in [6, 6.07) is 9.15. The quantitative estimate of drug-likeness (QED) is 0.883. The summed E-state index contributed by atoms with van der Waals surface area (Å²) in [4.78, 5) is 11.5. The molecule has 1 aromatic rings. The van der Waals surface area contributed by atoms with Gasteiger partial charge in [0.15, 0.2) is 0 Å². The maximum Gasteiger partial charge on any atom is 0.246 e. The highest BCUT2D eigenvalue weighted by Gasteiger charge is 2.12. The molecule has 0 aliphatic rings. The van der Waals surface area contributed by atoms with Gasteiger partial charge < -0.3 is 10.1 Å². The highest BCUT2D eigenvalue weighted by molar-refractivity contribution is 5.77. The normalized spacial score (nSPS) is 10.8. The van der Waals surface area contributed by atoms with Crippen LogP contribution in [0.15, 0.2) is 24.3 Å². The second-order valence-electron chi connectivity index (χ2n) is 4.99. The summed E-state index contributed by atoms with van der Waals surface area (Å²) in [5.74, 6) is -0.144. The predicted molar refractivity (Wildman–Crippen MR) is 68.7 cm³/mol. The Morgan fingerprint density at radius 2 is 1.94 bits per heavy atom. The number of benzene rings is 1. The van der Waals surface area contributed by atoms with Gasteiger partial charge in [-0.25, -0.2) is 0 Å². The van der Waals surface area contributed by atoms with E-state index in [0.717, 1.165) is 5.56 Å². The van der Waals surface area contributed by atoms with Crippen LogP contribution < -0.4 is 5.32 Å². The Balaban J connectivity index is 2.36. The van der Waals surface area contributed by atoms with Crippen molar-refractivity contribution in [3.05, 3.63) is 35.4 Å². The lowest BCUT2D eigenvalue weighted by Crippen LogP contribution is -2.31. The lowest BCUT2D eigenvalue weighted by molar-refractivity contribution is -0.130. The van der Waals surface area contributed by atoms with E-state index in [4.69, 9.17) is 10.00 Å². The van der Waals surface area contributed by atoms with E-state index in [0.29, 0.717) is 12.1 Å². The molecule has 0 aliphatic heterocycles. The molecule has 0 unspecified atom stereocenters. The highest BCUT2D eigenvalue weighted by Crippen LogP contribution is 2.06. The van der Waals surface area contributed by atoms with E-state index in [-0.39, 0.29) is 18.1 Å². The van der Waals surface area contributed by atoms with Crippen LogP contribution in [-0.2, 0) is 16.1 Å². The Bertz CT molecular complexity index is 438. The van der Waals surface area contributed by atoms with Crippen LogP contribution in [0.5, 0.6) is 0 Å². The number of carbonyl (C=O) groups excluding carboxylic acids is 1.